The van der Waals surface area contributed by atoms with Crippen LogP contribution >= 0.6 is 0 Å². The van der Waals surface area contributed by atoms with Crippen molar-refractivity contribution < 1.29 is 9.47 Å². The smallest absolute Gasteiger partial charge is 0.123 e. The number of ether oxygens (including phenoxy) is 2. The normalized spacial score (nSPS) is 10.5. The highest BCUT2D eigenvalue weighted by molar-refractivity contribution is 5.40. The van der Waals surface area contributed by atoms with E-state index in [1.54, 1.807) is 14.2 Å². The van der Waals surface area contributed by atoms with E-state index in [0.717, 1.165) is 30.2 Å². The first kappa shape index (κ1) is 11.9. The molecule has 0 aliphatic carbocycles. The monoisotopic (exact) mass is 209 g/mol. The van der Waals surface area contributed by atoms with E-state index in [2.05, 4.69) is 18.9 Å². The number of hydrogen-bond donors (Lipinski definition) is 0. The quantitative estimate of drug-likeness (QED) is 0.741. The van der Waals surface area contributed by atoms with Crippen LogP contribution in [-0.2, 0) is 6.54 Å². The molecule has 0 fully saturated rings. The molecule has 0 saturated carbocycles. The topological polar surface area (TPSA) is 21.7 Å². The van der Waals surface area contributed by atoms with E-state index in [9.17, 15) is 0 Å². The Morgan fingerprint density at radius 3 is 2.47 bits per heavy atom. The first-order valence-corrected chi connectivity index (χ1v) is 5.10. The summed E-state index contributed by atoms with van der Waals surface area (Å²) in [5, 5.41) is 0. The van der Waals surface area contributed by atoms with Crippen LogP contribution in [-0.4, -0.2) is 32.7 Å². The molecule has 0 aromatic heterocycles. The summed E-state index contributed by atoms with van der Waals surface area (Å²) < 4.78 is 10.5. The van der Waals surface area contributed by atoms with Gasteiger partial charge in [0.05, 0.1) is 14.2 Å². The van der Waals surface area contributed by atoms with Crippen LogP contribution in [0.25, 0.3) is 0 Å². The van der Waals surface area contributed by atoms with Crippen LogP contribution in [0.4, 0.5) is 0 Å². The zero-order valence-electron chi connectivity index (χ0n) is 9.91. The third-order valence-corrected chi connectivity index (χ3v) is 2.47. The van der Waals surface area contributed by atoms with Crippen molar-refractivity contribution in [3.8, 4) is 11.5 Å². The fraction of sp³-hybridized carbons (Fsp3) is 0.500. The Morgan fingerprint density at radius 1 is 1.20 bits per heavy atom. The third kappa shape index (κ3) is 3.13. The average Bonchev–Trinajstić information content (AvgIpc) is 2.28. The SMILES string of the molecule is CCN(C)Cc1cc(OC)ccc1OC. The van der Waals surface area contributed by atoms with Gasteiger partial charge >= 0.3 is 0 Å². The molecule has 0 radical (unpaired) electrons. The Kier molecular flexibility index (Phi) is 4.43. The highest BCUT2D eigenvalue weighted by Crippen LogP contribution is 2.24. The summed E-state index contributed by atoms with van der Waals surface area (Å²) in [5.41, 5.74) is 1.15. The predicted molar refractivity (Wildman–Crippen MR) is 61.6 cm³/mol. The van der Waals surface area contributed by atoms with Crippen molar-refractivity contribution in [2.45, 2.75) is 13.5 Å². The van der Waals surface area contributed by atoms with E-state index in [1.165, 1.54) is 0 Å². The Labute approximate surface area is 91.6 Å². The predicted octanol–water partition coefficient (Wildman–Crippen LogP) is 2.16. The molecule has 0 spiro atoms. The lowest BCUT2D eigenvalue weighted by Crippen LogP contribution is -2.17. The maximum absolute atomic E-state index is 5.31. The Balaban J connectivity index is 2.90. The molecule has 84 valence electrons. The van der Waals surface area contributed by atoms with Crippen LogP contribution in [0, 0.1) is 0 Å². The Morgan fingerprint density at radius 2 is 1.93 bits per heavy atom. The molecule has 0 bridgehead atoms. The molecule has 0 saturated heterocycles. The Bertz CT molecular complexity index is 312. The first-order chi connectivity index (χ1) is 7.21. The van der Waals surface area contributed by atoms with Gasteiger partial charge in [0.2, 0.25) is 0 Å². The van der Waals surface area contributed by atoms with Gasteiger partial charge in [0.25, 0.3) is 0 Å². The van der Waals surface area contributed by atoms with Crippen molar-refractivity contribution in [3.63, 3.8) is 0 Å². The second-order valence-corrected chi connectivity index (χ2v) is 3.51. The molecule has 1 rings (SSSR count). The van der Waals surface area contributed by atoms with E-state index >= 15 is 0 Å². The molecular weight excluding hydrogens is 190 g/mol. The maximum atomic E-state index is 5.31. The molecule has 0 amide bonds. The number of hydrogen-bond acceptors (Lipinski definition) is 3. The van der Waals surface area contributed by atoms with Gasteiger partial charge in [-0.05, 0) is 31.8 Å². The van der Waals surface area contributed by atoms with Crippen molar-refractivity contribution in [3.05, 3.63) is 23.8 Å². The maximum Gasteiger partial charge on any atom is 0.123 e. The molecule has 0 unspecified atom stereocenters. The molecule has 3 nitrogen and oxygen atoms in total. The second-order valence-electron chi connectivity index (χ2n) is 3.51. The standard InChI is InChI=1S/C12H19NO2/c1-5-13(2)9-10-8-11(14-3)6-7-12(10)15-4/h6-8H,5,9H2,1-4H3. The summed E-state index contributed by atoms with van der Waals surface area (Å²) in [5.74, 6) is 1.78. The van der Waals surface area contributed by atoms with Gasteiger partial charge in [-0.15, -0.1) is 0 Å². The lowest BCUT2D eigenvalue weighted by atomic mass is 10.2. The van der Waals surface area contributed by atoms with E-state index < -0.39 is 0 Å². The largest absolute Gasteiger partial charge is 0.497 e. The van der Waals surface area contributed by atoms with Crippen LogP contribution in [0.5, 0.6) is 11.5 Å². The van der Waals surface area contributed by atoms with Crippen LogP contribution in [0.1, 0.15) is 12.5 Å². The molecule has 0 heterocycles. The van der Waals surface area contributed by atoms with E-state index in [-0.39, 0.29) is 0 Å². The minimum absolute atomic E-state index is 0.871. The lowest BCUT2D eigenvalue weighted by Gasteiger charge is -2.16. The Hall–Kier alpha value is -1.22. The lowest BCUT2D eigenvalue weighted by molar-refractivity contribution is 0.331. The van der Waals surface area contributed by atoms with Gasteiger partial charge in [0.15, 0.2) is 0 Å². The summed E-state index contributed by atoms with van der Waals surface area (Å²) in [4.78, 5) is 2.22. The molecule has 15 heavy (non-hydrogen) atoms. The molecular formula is C12H19NO2. The summed E-state index contributed by atoms with van der Waals surface area (Å²) >= 11 is 0. The molecule has 1 aromatic rings. The minimum Gasteiger partial charge on any atom is -0.497 e. The van der Waals surface area contributed by atoms with E-state index in [0.29, 0.717) is 0 Å². The number of benzene rings is 1. The van der Waals surface area contributed by atoms with Crippen LogP contribution in [0.15, 0.2) is 18.2 Å². The molecule has 0 N–H and O–H groups in total. The second kappa shape index (κ2) is 5.61. The highest BCUT2D eigenvalue weighted by atomic mass is 16.5. The fourth-order valence-electron chi connectivity index (χ4n) is 1.41. The highest BCUT2D eigenvalue weighted by Gasteiger charge is 2.06. The van der Waals surface area contributed by atoms with Crippen molar-refractivity contribution >= 4 is 0 Å². The zero-order valence-corrected chi connectivity index (χ0v) is 9.91. The average molecular weight is 209 g/mol. The van der Waals surface area contributed by atoms with Crippen LogP contribution < -0.4 is 9.47 Å². The van der Waals surface area contributed by atoms with Crippen LogP contribution in [0.2, 0.25) is 0 Å². The minimum atomic E-state index is 0.871. The number of nitrogens with zero attached hydrogens (tertiary/aromatic N) is 1. The van der Waals surface area contributed by atoms with Gasteiger partial charge in [-0.3, -0.25) is 0 Å². The van der Waals surface area contributed by atoms with Gasteiger partial charge in [0, 0.05) is 12.1 Å². The number of methoxy groups -OCH3 is 2. The van der Waals surface area contributed by atoms with Crippen molar-refractivity contribution in [1.29, 1.82) is 0 Å². The molecule has 0 aliphatic rings. The first-order valence-electron chi connectivity index (χ1n) is 5.10. The van der Waals surface area contributed by atoms with Crippen molar-refractivity contribution in [1.82, 2.24) is 4.90 Å². The summed E-state index contributed by atoms with van der Waals surface area (Å²) in [7, 11) is 5.45. The zero-order chi connectivity index (χ0) is 11.3. The summed E-state index contributed by atoms with van der Waals surface area (Å²) in [6.07, 6.45) is 0. The van der Waals surface area contributed by atoms with Gasteiger partial charge in [-0.1, -0.05) is 6.92 Å². The van der Waals surface area contributed by atoms with Gasteiger partial charge in [0.1, 0.15) is 11.5 Å². The van der Waals surface area contributed by atoms with Gasteiger partial charge in [-0.2, -0.15) is 0 Å². The van der Waals surface area contributed by atoms with Crippen molar-refractivity contribution in [2.75, 3.05) is 27.8 Å². The van der Waals surface area contributed by atoms with E-state index in [4.69, 9.17) is 9.47 Å². The molecule has 0 aliphatic heterocycles. The summed E-state index contributed by atoms with van der Waals surface area (Å²) in [6.45, 7) is 4.02. The van der Waals surface area contributed by atoms with Gasteiger partial charge < -0.3 is 14.4 Å². The molecule has 0 atom stereocenters. The number of rotatable bonds is 5. The van der Waals surface area contributed by atoms with E-state index in [1.807, 2.05) is 18.2 Å². The fourth-order valence-corrected chi connectivity index (χ4v) is 1.41. The molecule has 3 heteroatoms. The van der Waals surface area contributed by atoms with Gasteiger partial charge in [-0.25, -0.2) is 0 Å². The third-order valence-electron chi connectivity index (χ3n) is 2.47. The van der Waals surface area contributed by atoms with Crippen LogP contribution in [0.3, 0.4) is 0 Å². The van der Waals surface area contributed by atoms with Crippen molar-refractivity contribution in [2.24, 2.45) is 0 Å². The molecule has 1 aromatic carbocycles. The summed E-state index contributed by atoms with van der Waals surface area (Å²) in [6, 6.07) is 5.87.